The molecular formula is C18H21ClS. The Morgan fingerprint density at radius 2 is 1.65 bits per heavy atom. The van der Waals surface area contributed by atoms with Crippen LogP contribution in [-0.2, 0) is 12.8 Å². The summed E-state index contributed by atoms with van der Waals surface area (Å²) in [5.41, 5.74) is 8.25. The summed E-state index contributed by atoms with van der Waals surface area (Å²) in [5.74, 6) is 0. The maximum atomic E-state index is 6.86. The second kappa shape index (κ2) is 5.20. The second-order valence-corrected chi connectivity index (χ2v) is 7.59. The predicted octanol–water partition coefficient (Wildman–Crippen LogP) is 5.80. The molecule has 2 heteroatoms. The second-order valence-electron chi connectivity index (χ2n) is 5.99. The summed E-state index contributed by atoms with van der Waals surface area (Å²) in [4.78, 5) is 2.89. The Bertz CT molecular complexity index is 619. The third kappa shape index (κ3) is 2.21. The van der Waals surface area contributed by atoms with Crippen molar-refractivity contribution in [2.24, 2.45) is 0 Å². The molecule has 1 atom stereocenters. The van der Waals surface area contributed by atoms with Gasteiger partial charge in [-0.3, -0.25) is 0 Å². The minimum Gasteiger partial charge on any atom is -0.143 e. The van der Waals surface area contributed by atoms with Crippen LogP contribution in [0.2, 0.25) is 0 Å². The normalized spacial score (nSPS) is 15.4. The highest BCUT2D eigenvalue weighted by atomic mass is 35.5. The van der Waals surface area contributed by atoms with Crippen molar-refractivity contribution in [3.63, 3.8) is 0 Å². The van der Waals surface area contributed by atoms with E-state index >= 15 is 0 Å². The number of alkyl halides is 1. The van der Waals surface area contributed by atoms with E-state index < -0.39 is 0 Å². The number of thiophene rings is 1. The van der Waals surface area contributed by atoms with Gasteiger partial charge < -0.3 is 0 Å². The molecule has 1 aromatic heterocycles. The van der Waals surface area contributed by atoms with Gasteiger partial charge in [0.15, 0.2) is 0 Å². The zero-order valence-corrected chi connectivity index (χ0v) is 14.2. The number of hydrogen-bond acceptors (Lipinski definition) is 1. The van der Waals surface area contributed by atoms with Gasteiger partial charge in [-0.25, -0.2) is 0 Å². The molecule has 1 heterocycles. The van der Waals surface area contributed by atoms with E-state index in [0.717, 1.165) is 0 Å². The van der Waals surface area contributed by atoms with Gasteiger partial charge >= 0.3 is 0 Å². The molecule has 0 nitrogen and oxygen atoms in total. The first-order valence-electron chi connectivity index (χ1n) is 7.32. The number of fused-ring (bicyclic) bond motifs is 1. The minimum atomic E-state index is 0.00389. The summed E-state index contributed by atoms with van der Waals surface area (Å²) in [5, 5.41) is 0.00389. The van der Waals surface area contributed by atoms with E-state index in [2.05, 4.69) is 39.8 Å². The third-order valence-electron chi connectivity index (χ3n) is 4.69. The van der Waals surface area contributed by atoms with Crippen molar-refractivity contribution in [2.45, 2.75) is 52.3 Å². The van der Waals surface area contributed by atoms with Crippen molar-refractivity contribution in [3.05, 3.63) is 55.3 Å². The Balaban J connectivity index is 2.08. The summed E-state index contributed by atoms with van der Waals surface area (Å²) in [6, 6.07) is 4.62. The van der Waals surface area contributed by atoms with Crippen LogP contribution in [0, 0.1) is 27.7 Å². The van der Waals surface area contributed by atoms with Crippen LogP contribution in [0.5, 0.6) is 0 Å². The van der Waals surface area contributed by atoms with Crippen molar-refractivity contribution in [1.29, 1.82) is 0 Å². The molecule has 0 fully saturated rings. The van der Waals surface area contributed by atoms with E-state index in [9.17, 15) is 0 Å². The number of halogens is 1. The van der Waals surface area contributed by atoms with Crippen molar-refractivity contribution in [2.75, 3.05) is 0 Å². The van der Waals surface area contributed by atoms with Crippen LogP contribution in [-0.4, -0.2) is 0 Å². The highest BCUT2D eigenvalue weighted by Crippen LogP contribution is 2.42. The average molecular weight is 305 g/mol. The molecule has 1 aliphatic carbocycles. The van der Waals surface area contributed by atoms with Crippen LogP contribution in [0.15, 0.2) is 12.1 Å². The number of hydrogen-bond donors (Lipinski definition) is 0. The Kier molecular flexibility index (Phi) is 3.68. The zero-order valence-electron chi connectivity index (χ0n) is 12.6. The molecule has 0 radical (unpaired) electrons. The molecule has 106 valence electrons. The first-order valence-corrected chi connectivity index (χ1v) is 8.57. The molecule has 1 aliphatic rings. The molecule has 0 saturated heterocycles. The van der Waals surface area contributed by atoms with Crippen LogP contribution in [0.3, 0.4) is 0 Å². The van der Waals surface area contributed by atoms with Gasteiger partial charge in [0, 0.05) is 9.75 Å². The maximum Gasteiger partial charge on any atom is 0.0933 e. The maximum absolute atomic E-state index is 6.86. The van der Waals surface area contributed by atoms with Gasteiger partial charge in [0.25, 0.3) is 0 Å². The lowest BCUT2D eigenvalue weighted by molar-refractivity contribution is 0.913. The molecule has 0 N–H and O–H groups in total. The Labute approximate surface area is 130 Å². The molecule has 0 amide bonds. The summed E-state index contributed by atoms with van der Waals surface area (Å²) in [6.45, 7) is 8.77. The first-order chi connectivity index (χ1) is 9.49. The van der Waals surface area contributed by atoms with E-state index in [-0.39, 0.29) is 5.38 Å². The largest absolute Gasteiger partial charge is 0.143 e. The Morgan fingerprint density at radius 1 is 1.00 bits per heavy atom. The summed E-state index contributed by atoms with van der Waals surface area (Å²) in [6.07, 6.45) is 3.80. The topological polar surface area (TPSA) is 0 Å². The fourth-order valence-corrected chi connectivity index (χ4v) is 5.02. The lowest BCUT2D eigenvalue weighted by atomic mass is 9.91. The monoisotopic (exact) mass is 304 g/mol. The van der Waals surface area contributed by atoms with Crippen LogP contribution in [0.4, 0.5) is 0 Å². The summed E-state index contributed by atoms with van der Waals surface area (Å²) in [7, 11) is 0. The third-order valence-corrected chi connectivity index (χ3v) is 6.58. The van der Waals surface area contributed by atoms with Crippen molar-refractivity contribution < 1.29 is 0 Å². The smallest absolute Gasteiger partial charge is 0.0933 e. The van der Waals surface area contributed by atoms with E-state index in [1.807, 2.05) is 11.3 Å². The van der Waals surface area contributed by atoms with E-state index in [4.69, 9.17) is 11.6 Å². The molecule has 0 saturated carbocycles. The molecule has 2 aromatic rings. The highest BCUT2D eigenvalue weighted by Gasteiger charge is 2.23. The molecule has 0 aliphatic heterocycles. The average Bonchev–Trinajstić information content (AvgIpc) is 2.97. The number of aryl methyl sites for hydroxylation is 4. The molecular weight excluding hydrogens is 284 g/mol. The number of benzene rings is 1. The van der Waals surface area contributed by atoms with Gasteiger partial charge in [0.1, 0.15) is 0 Å². The summed E-state index contributed by atoms with van der Waals surface area (Å²) < 4.78 is 0. The molecule has 3 rings (SSSR count). The fraction of sp³-hybridized carbons (Fsp3) is 0.444. The van der Waals surface area contributed by atoms with E-state index in [1.54, 1.807) is 4.88 Å². The lowest BCUT2D eigenvalue weighted by Gasteiger charge is -2.19. The van der Waals surface area contributed by atoms with E-state index in [1.165, 1.54) is 57.5 Å². The number of rotatable bonds is 2. The molecule has 1 aromatic carbocycles. The highest BCUT2D eigenvalue weighted by molar-refractivity contribution is 7.12. The van der Waals surface area contributed by atoms with Crippen molar-refractivity contribution >= 4 is 22.9 Å². The molecule has 1 unspecified atom stereocenters. The molecule has 20 heavy (non-hydrogen) atoms. The Morgan fingerprint density at radius 3 is 2.25 bits per heavy atom. The summed E-state index contributed by atoms with van der Waals surface area (Å²) >= 11 is 8.79. The standard InChI is InChI=1S/C18H21ClS/c1-10-8-11(2)13(4)17(12(10)3)18(19)16-9-14-6-5-7-15(14)20-16/h8-9,18H,5-7H2,1-4H3. The Hall–Kier alpha value is -0.790. The van der Waals surface area contributed by atoms with Crippen LogP contribution >= 0.6 is 22.9 Å². The van der Waals surface area contributed by atoms with Crippen LogP contribution in [0.1, 0.15) is 54.9 Å². The predicted molar refractivity (Wildman–Crippen MR) is 89.4 cm³/mol. The zero-order chi connectivity index (χ0) is 14.4. The van der Waals surface area contributed by atoms with E-state index in [0.29, 0.717) is 0 Å². The van der Waals surface area contributed by atoms with Gasteiger partial charge in [0.2, 0.25) is 0 Å². The van der Waals surface area contributed by atoms with Gasteiger partial charge in [-0.2, -0.15) is 0 Å². The van der Waals surface area contributed by atoms with Crippen molar-refractivity contribution in [3.8, 4) is 0 Å². The molecule has 0 spiro atoms. The fourth-order valence-electron chi connectivity index (χ4n) is 3.25. The lowest BCUT2D eigenvalue weighted by Crippen LogP contribution is -2.02. The SMILES string of the molecule is Cc1cc(C)c(C)c(C(Cl)c2cc3c(s2)CCC3)c1C. The van der Waals surface area contributed by atoms with Crippen LogP contribution < -0.4 is 0 Å². The van der Waals surface area contributed by atoms with Gasteiger partial charge in [0.05, 0.1) is 5.38 Å². The van der Waals surface area contributed by atoms with Gasteiger partial charge in [-0.15, -0.1) is 22.9 Å². The quantitative estimate of drug-likeness (QED) is 0.615. The van der Waals surface area contributed by atoms with Crippen LogP contribution in [0.25, 0.3) is 0 Å². The van der Waals surface area contributed by atoms with Gasteiger partial charge in [-0.05, 0) is 86.4 Å². The van der Waals surface area contributed by atoms with Gasteiger partial charge in [-0.1, -0.05) is 6.07 Å². The first kappa shape index (κ1) is 14.2. The minimum absolute atomic E-state index is 0.00389. The van der Waals surface area contributed by atoms with Crippen molar-refractivity contribution in [1.82, 2.24) is 0 Å². The molecule has 0 bridgehead atoms.